The van der Waals surface area contributed by atoms with E-state index in [9.17, 15) is 5.11 Å². The minimum absolute atomic E-state index is 0.347. The SMILES string of the molecule is C#CCCCC(O)Cc1cccc2ccc(OC)cc12. The summed E-state index contributed by atoms with van der Waals surface area (Å²) in [5.41, 5.74) is 1.15. The molecule has 2 aromatic carbocycles. The Hall–Kier alpha value is -1.98. The van der Waals surface area contributed by atoms with Gasteiger partial charge < -0.3 is 9.84 Å². The third kappa shape index (κ3) is 3.53. The summed E-state index contributed by atoms with van der Waals surface area (Å²) in [6.45, 7) is 0. The molecule has 0 aliphatic rings. The molecule has 2 aromatic rings. The molecule has 0 aliphatic carbocycles. The van der Waals surface area contributed by atoms with Gasteiger partial charge >= 0.3 is 0 Å². The van der Waals surface area contributed by atoms with Gasteiger partial charge in [0.2, 0.25) is 0 Å². The van der Waals surface area contributed by atoms with Gasteiger partial charge in [-0.1, -0.05) is 24.3 Å². The maximum atomic E-state index is 10.1. The quantitative estimate of drug-likeness (QED) is 0.641. The average molecular weight is 268 g/mol. The lowest BCUT2D eigenvalue weighted by Gasteiger charge is -2.13. The first kappa shape index (κ1) is 14.4. The summed E-state index contributed by atoms with van der Waals surface area (Å²) < 4.78 is 5.28. The number of benzene rings is 2. The number of aliphatic hydroxyl groups is 1. The maximum Gasteiger partial charge on any atom is 0.119 e. The lowest BCUT2D eigenvalue weighted by atomic mass is 9.97. The van der Waals surface area contributed by atoms with E-state index in [1.165, 1.54) is 5.39 Å². The molecule has 0 heterocycles. The molecule has 0 spiro atoms. The van der Waals surface area contributed by atoms with Crippen molar-refractivity contribution < 1.29 is 9.84 Å². The molecule has 2 heteroatoms. The van der Waals surface area contributed by atoms with Gasteiger partial charge in [0, 0.05) is 6.42 Å². The van der Waals surface area contributed by atoms with Crippen LogP contribution in [-0.2, 0) is 6.42 Å². The zero-order valence-corrected chi connectivity index (χ0v) is 11.8. The Balaban J connectivity index is 2.18. The number of hydrogen-bond donors (Lipinski definition) is 1. The summed E-state index contributed by atoms with van der Waals surface area (Å²) in [7, 11) is 1.67. The Morgan fingerprint density at radius 1 is 1.30 bits per heavy atom. The molecule has 0 saturated heterocycles. The van der Waals surface area contributed by atoms with E-state index in [0.29, 0.717) is 6.42 Å². The minimum Gasteiger partial charge on any atom is -0.497 e. The Kier molecular flexibility index (Phi) is 5.03. The first-order valence-electron chi connectivity index (χ1n) is 6.91. The number of aliphatic hydroxyl groups excluding tert-OH is 1. The summed E-state index contributed by atoms with van der Waals surface area (Å²) in [5, 5.41) is 12.4. The van der Waals surface area contributed by atoms with Crippen LogP contribution in [0.4, 0.5) is 0 Å². The highest BCUT2D eigenvalue weighted by Gasteiger charge is 2.09. The van der Waals surface area contributed by atoms with E-state index in [4.69, 9.17) is 11.2 Å². The predicted molar refractivity (Wildman–Crippen MR) is 82.9 cm³/mol. The van der Waals surface area contributed by atoms with Crippen LogP contribution < -0.4 is 4.74 Å². The van der Waals surface area contributed by atoms with Crippen molar-refractivity contribution in [3.8, 4) is 18.1 Å². The van der Waals surface area contributed by atoms with Crippen molar-refractivity contribution in [2.75, 3.05) is 7.11 Å². The number of ether oxygens (including phenoxy) is 1. The molecule has 0 bridgehead atoms. The second kappa shape index (κ2) is 6.98. The van der Waals surface area contributed by atoms with Crippen molar-refractivity contribution in [3.05, 3.63) is 42.0 Å². The van der Waals surface area contributed by atoms with Crippen LogP contribution in [-0.4, -0.2) is 18.3 Å². The number of rotatable bonds is 6. The summed E-state index contributed by atoms with van der Waals surface area (Å²) in [4.78, 5) is 0. The van der Waals surface area contributed by atoms with E-state index in [1.54, 1.807) is 7.11 Å². The van der Waals surface area contributed by atoms with Crippen LogP contribution >= 0.6 is 0 Å². The highest BCUT2D eigenvalue weighted by atomic mass is 16.5. The van der Waals surface area contributed by atoms with E-state index in [2.05, 4.69) is 18.1 Å². The van der Waals surface area contributed by atoms with Crippen LogP contribution in [0, 0.1) is 12.3 Å². The van der Waals surface area contributed by atoms with Gasteiger partial charge in [0.1, 0.15) is 5.75 Å². The molecule has 0 saturated carbocycles. The molecule has 1 N–H and O–H groups in total. The minimum atomic E-state index is -0.347. The smallest absolute Gasteiger partial charge is 0.119 e. The van der Waals surface area contributed by atoms with E-state index in [1.807, 2.05) is 24.3 Å². The normalized spacial score (nSPS) is 12.1. The number of unbranched alkanes of at least 4 members (excludes halogenated alkanes) is 1. The summed E-state index contributed by atoms with van der Waals surface area (Å²) >= 11 is 0. The first-order valence-corrected chi connectivity index (χ1v) is 6.91. The van der Waals surface area contributed by atoms with Crippen LogP contribution in [0.15, 0.2) is 36.4 Å². The number of hydrogen-bond acceptors (Lipinski definition) is 2. The fourth-order valence-corrected chi connectivity index (χ4v) is 2.42. The van der Waals surface area contributed by atoms with E-state index < -0.39 is 0 Å². The van der Waals surface area contributed by atoms with E-state index in [0.717, 1.165) is 36.0 Å². The molecule has 0 aliphatic heterocycles. The zero-order chi connectivity index (χ0) is 14.4. The summed E-state index contributed by atoms with van der Waals surface area (Å²) in [5.74, 6) is 3.44. The van der Waals surface area contributed by atoms with Crippen molar-refractivity contribution in [1.29, 1.82) is 0 Å². The molecular formula is C18H20O2. The first-order chi connectivity index (χ1) is 9.74. The van der Waals surface area contributed by atoms with Gasteiger partial charge in [-0.25, -0.2) is 0 Å². The molecule has 0 fully saturated rings. The van der Waals surface area contributed by atoms with Crippen LogP contribution in [0.2, 0.25) is 0 Å². The third-order valence-electron chi connectivity index (χ3n) is 3.49. The van der Waals surface area contributed by atoms with Crippen molar-refractivity contribution in [1.82, 2.24) is 0 Å². The fraction of sp³-hybridized carbons (Fsp3) is 0.333. The monoisotopic (exact) mass is 268 g/mol. The highest BCUT2D eigenvalue weighted by molar-refractivity contribution is 5.87. The summed E-state index contributed by atoms with van der Waals surface area (Å²) in [6, 6.07) is 12.2. The number of fused-ring (bicyclic) bond motifs is 1. The molecule has 0 amide bonds. The summed E-state index contributed by atoms with van der Waals surface area (Å²) in [6.07, 6.45) is 7.86. The molecule has 0 aromatic heterocycles. The lowest BCUT2D eigenvalue weighted by Crippen LogP contribution is -2.10. The lowest BCUT2D eigenvalue weighted by molar-refractivity contribution is 0.163. The Morgan fingerprint density at radius 3 is 2.90 bits per heavy atom. The molecule has 1 unspecified atom stereocenters. The predicted octanol–water partition coefficient (Wildman–Crippen LogP) is 3.56. The van der Waals surface area contributed by atoms with Crippen molar-refractivity contribution in [2.24, 2.45) is 0 Å². The largest absolute Gasteiger partial charge is 0.497 e. The van der Waals surface area contributed by atoms with E-state index in [-0.39, 0.29) is 6.10 Å². The Bertz CT molecular complexity index is 610. The molecule has 2 rings (SSSR count). The van der Waals surface area contributed by atoms with Gasteiger partial charge in [-0.05, 0) is 47.7 Å². The Morgan fingerprint density at radius 2 is 2.15 bits per heavy atom. The third-order valence-corrected chi connectivity index (χ3v) is 3.49. The van der Waals surface area contributed by atoms with Crippen LogP contribution in [0.25, 0.3) is 10.8 Å². The molecule has 104 valence electrons. The van der Waals surface area contributed by atoms with Gasteiger partial charge in [-0.2, -0.15) is 0 Å². The molecular weight excluding hydrogens is 248 g/mol. The topological polar surface area (TPSA) is 29.5 Å². The van der Waals surface area contributed by atoms with Gasteiger partial charge in [0.25, 0.3) is 0 Å². The average Bonchev–Trinajstić information content (AvgIpc) is 2.47. The van der Waals surface area contributed by atoms with Gasteiger partial charge in [-0.15, -0.1) is 12.3 Å². The van der Waals surface area contributed by atoms with Crippen molar-refractivity contribution in [2.45, 2.75) is 31.8 Å². The van der Waals surface area contributed by atoms with Crippen LogP contribution in [0.3, 0.4) is 0 Å². The van der Waals surface area contributed by atoms with Crippen molar-refractivity contribution >= 4 is 10.8 Å². The Labute approximate surface area is 120 Å². The van der Waals surface area contributed by atoms with Crippen LogP contribution in [0.1, 0.15) is 24.8 Å². The maximum absolute atomic E-state index is 10.1. The second-order valence-corrected chi connectivity index (χ2v) is 4.96. The van der Waals surface area contributed by atoms with Crippen LogP contribution in [0.5, 0.6) is 5.75 Å². The zero-order valence-electron chi connectivity index (χ0n) is 11.8. The molecule has 20 heavy (non-hydrogen) atoms. The van der Waals surface area contributed by atoms with Gasteiger partial charge in [0.15, 0.2) is 0 Å². The van der Waals surface area contributed by atoms with Crippen molar-refractivity contribution in [3.63, 3.8) is 0 Å². The molecule has 2 nitrogen and oxygen atoms in total. The second-order valence-electron chi connectivity index (χ2n) is 4.96. The van der Waals surface area contributed by atoms with Gasteiger partial charge in [0.05, 0.1) is 13.2 Å². The number of methoxy groups -OCH3 is 1. The molecule has 1 atom stereocenters. The van der Waals surface area contributed by atoms with Gasteiger partial charge in [-0.3, -0.25) is 0 Å². The fourth-order valence-electron chi connectivity index (χ4n) is 2.42. The number of terminal acetylenes is 1. The van der Waals surface area contributed by atoms with E-state index >= 15 is 0 Å². The molecule has 0 radical (unpaired) electrons. The highest BCUT2D eigenvalue weighted by Crippen LogP contribution is 2.25. The standard InChI is InChI=1S/C18H20O2/c1-3-4-5-9-16(19)12-15-8-6-7-14-10-11-17(20-2)13-18(14)15/h1,6-8,10-11,13,16,19H,4-5,9,12H2,2H3.